The lowest BCUT2D eigenvalue weighted by molar-refractivity contribution is -0.0168. The van der Waals surface area contributed by atoms with E-state index in [1.807, 2.05) is 12.1 Å². The molecule has 8 heteroatoms. The monoisotopic (exact) mass is 368 g/mol. The Bertz CT molecular complexity index is 825. The first-order valence-electron chi connectivity index (χ1n) is 7.05. The molecule has 0 unspecified atom stereocenters. The highest BCUT2D eigenvalue weighted by Crippen LogP contribution is 2.35. The molecule has 0 saturated heterocycles. The van der Waals surface area contributed by atoms with Crippen LogP contribution in [0, 0.1) is 0 Å². The number of thioether (sulfide) groups is 2. The minimum absolute atomic E-state index is 0.0275. The number of hydrogen-bond acceptors (Lipinski definition) is 6. The van der Waals surface area contributed by atoms with Gasteiger partial charge in [0, 0.05) is 39.0 Å². The summed E-state index contributed by atoms with van der Waals surface area (Å²) in [7, 11) is 0. The van der Waals surface area contributed by atoms with E-state index in [0.29, 0.717) is 22.5 Å². The van der Waals surface area contributed by atoms with Crippen molar-refractivity contribution in [1.29, 1.82) is 0 Å². The lowest BCUT2D eigenvalue weighted by atomic mass is 10.1. The number of benzene rings is 1. The van der Waals surface area contributed by atoms with Crippen molar-refractivity contribution < 1.29 is 9.47 Å². The summed E-state index contributed by atoms with van der Waals surface area (Å²) in [6.07, 6.45) is 0. The predicted molar refractivity (Wildman–Crippen MR) is 91.2 cm³/mol. The van der Waals surface area contributed by atoms with Crippen molar-refractivity contribution in [1.82, 2.24) is 9.97 Å². The van der Waals surface area contributed by atoms with Crippen molar-refractivity contribution in [3.8, 4) is 5.75 Å². The third-order valence-corrected chi connectivity index (χ3v) is 5.79. The van der Waals surface area contributed by atoms with Gasteiger partial charge in [0.1, 0.15) is 5.75 Å². The molecule has 0 atom stereocenters. The molecule has 0 spiro atoms. The first-order valence-corrected chi connectivity index (χ1v) is 9.57. The van der Waals surface area contributed by atoms with Gasteiger partial charge in [-0.1, -0.05) is 23.4 Å². The zero-order chi connectivity index (χ0) is 15.8. The van der Waals surface area contributed by atoms with Crippen LogP contribution < -0.4 is 10.3 Å². The number of fused-ring (bicyclic) bond motifs is 2. The number of hydrogen-bond donors (Lipinski definition) is 1. The van der Waals surface area contributed by atoms with Crippen molar-refractivity contribution >= 4 is 35.1 Å². The zero-order valence-electron chi connectivity index (χ0n) is 12.1. The summed E-state index contributed by atoms with van der Waals surface area (Å²) in [6, 6.07) is 3.75. The summed E-state index contributed by atoms with van der Waals surface area (Å²) in [5.41, 5.74) is 3.61. The molecule has 1 aromatic heterocycles. The Morgan fingerprint density at radius 3 is 3.22 bits per heavy atom. The number of halogens is 1. The summed E-state index contributed by atoms with van der Waals surface area (Å²) in [4.78, 5) is 19.5. The summed E-state index contributed by atoms with van der Waals surface area (Å²) >= 11 is 9.37. The molecule has 2 aliphatic rings. The van der Waals surface area contributed by atoms with Gasteiger partial charge in [0.25, 0.3) is 5.56 Å². The Kier molecular flexibility index (Phi) is 4.27. The fourth-order valence-corrected chi connectivity index (χ4v) is 4.76. The number of ether oxygens (including phenoxy) is 2. The quantitative estimate of drug-likeness (QED) is 0.662. The molecule has 0 aliphatic carbocycles. The van der Waals surface area contributed by atoms with E-state index in [4.69, 9.17) is 21.1 Å². The summed E-state index contributed by atoms with van der Waals surface area (Å²) < 4.78 is 10.9. The molecular weight excluding hydrogens is 356 g/mol. The van der Waals surface area contributed by atoms with E-state index < -0.39 is 0 Å². The molecule has 5 nitrogen and oxygen atoms in total. The van der Waals surface area contributed by atoms with Crippen molar-refractivity contribution in [3.63, 3.8) is 0 Å². The highest BCUT2D eigenvalue weighted by Gasteiger charge is 2.19. The van der Waals surface area contributed by atoms with Crippen molar-refractivity contribution in [2.75, 3.05) is 6.79 Å². The van der Waals surface area contributed by atoms with Gasteiger partial charge in [-0.25, -0.2) is 4.98 Å². The molecule has 1 N–H and O–H groups in total. The topological polar surface area (TPSA) is 64.2 Å². The second-order valence-corrected chi connectivity index (χ2v) is 7.63. The molecule has 0 radical (unpaired) electrons. The molecule has 2 aromatic rings. The van der Waals surface area contributed by atoms with Crippen LogP contribution in [0.25, 0.3) is 0 Å². The Morgan fingerprint density at radius 2 is 2.30 bits per heavy atom. The van der Waals surface area contributed by atoms with Gasteiger partial charge in [0.05, 0.1) is 12.3 Å². The van der Waals surface area contributed by atoms with Crippen LogP contribution >= 0.6 is 35.1 Å². The Morgan fingerprint density at radius 1 is 1.39 bits per heavy atom. The van der Waals surface area contributed by atoms with E-state index in [0.717, 1.165) is 39.6 Å². The minimum Gasteiger partial charge on any atom is -0.467 e. The molecule has 23 heavy (non-hydrogen) atoms. The van der Waals surface area contributed by atoms with Crippen LogP contribution in [0.1, 0.15) is 22.4 Å². The maximum Gasteiger partial charge on any atom is 0.255 e. The SMILES string of the molecule is O=c1[nH]c(SCc2cc(Cl)cc3c2OCOC3)nc2c1CSC2. The number of aromatic amines is 1. The molecule has 0 amide bonds. The van der Waals surface area contributed by atoms with Gasteiger partial charge in [-0.15, -0.1) is 0 Å². The van der Waals surface area contributed by atoms with Gasteiger partial charge in [-0.05, 0) is 12.1 Å². The highest BCUT2D eigenvalue weighted by molar-refractivity contribution is 7.98. The van der Waals surface area contributed by atoms with Gasteiger partial charge in [0.2, 0.25) is 0 Å². The Balaban J connectivity index is 1.59. The van der Waals surface area contributed by atoms with Gasteiger partial charge in [-0.2, -0.15) is 11.8 Å². The lowest BCUT2D eigenvalue weighted by Crippen LogP contribution is -2.15. The standard InChI is InChI=1S/C15H13ClN2O3S2/c16-10-1-8-3-20-7-21-13(8)9(2-10)4-23-15-17-12-6-22-5-11(12)14(19)18-15/h1-2H,3-7H2,(H,17,18,19). The first kappa shape index (κ1) is 15.4. The number of rotatable bonds is 3. The third kappa shape index (κ3) is 3.10. The zero-order valence-corrected chi connectivity index (χ0v) is 14.4. The molecule has 4 rings (SSSR count). The van der Waals surface area contributed by atoms with E-state index in [1.54, 1.807) is 11.8 Å². The van der Waals surface area contributed by atoms with E-state index >= 15 is 0 Å². The van der Waals surface area contributed by atoms with Gasteiger partial charge >= 0.3 is 0 Å². The number of aromatic nitrogens is 2. The number of H-pyrrole nitrogens is 1. The number of nitrogens with zero attached hydrogens (tertiary/aromatic N) is 1. The molecule has 3 heterocycles. The van der Waals surface area contributed by atoms with Crippen molar-refractivity contribution in [2.45, 2.75) is 29.0 Å². The van der Waals surface area contributed by atoms with Crippen LogP contribution in [-0.2, 0) is 28.6 Å². The average Bonchev–Trinajstić information content (AvgIpc) is 3.01. The average molecular weight is 369 g/mol. The van der Waals surface area contributed by atoms with E-state index in [-0.39, 0.29) is 12.4 Å². The molecule has 120 valence electrons. The molecule has 2 aliphatic heterocycles. The predicted octanol–water partition coefficient (Wildman–Crippen LogP) is 3.33. The van der Waals surface area contributed by atoms with Crippen LogP contribution in [0.3, 0.4) is 0 Å². The second kappa shape index (κ2) is 6.39. The van der Waals surface area contributed by atoms with Gasteiger partial charge in [0.15, 0.2) is 11.9 Å². The molecule has 1 aromatic carbocycles. The fourth-order valence-electron chi connectivity index (χ4n) is 2.62. The molecular formula is C15H13ClN2O3S2. The normalized spacial score (nSPS) is 15.9. The van der Waals surface area contributed by atoms with Crippen LogP contribution in [0.2, 0.25) is 5.02 Å². The lowest BCUT2D eigenvalue weighted by Gasteiger charge is -2.21. The highest BCUT2D eigenvalue weighted by atomic mass is 35.5. The molecule has 0 fully saturated rings. The Hall–Kier alpha value is -1.15. The molecule has 0 saturated carbocycles. The van der Waals surface area contributed by atoms with Crippen LogP contribution in [-0.4, -0.2) is 16.8 Å². The summed E-state index contributed by atoms with van der Waals surface area (Å²) in [5, 5.41) is 1.29. The third-order valence-electron chi connectivity index (χ3n) is 3.68. The summed E-state index contributed by atoms with van der Waals surface area (Å²) in [5.74, 6) is 3.00. The fraction of sp³-hybridized carbons (Fsp3) is 0.333. The van der Waals surface area contributed by atoms with Crippen molar-refractivity contribution in [3.05, 3.63) is 49.9 Å². The summed E-state index contributed by atoms with van der Waals surface area (Å²) in [6.45, 7) is 0.746. The van der Waals surface area contributed by atoms with Crippen LogP contribution in [0.5, 0.6) is 5.75 Å². The Labute approximate surface area is 146 Å². The van der Waals surface area contributed by atoms with Gasteiger partial charge in [-0.3, -0.25) is 4.79 Å². The maximum absolute atomic E-state index is 12.0. The van der Waals surface area contributed by atoms with E-state index in [9.17, 15) is 4.79 Å². The van der Waals surface area contributed by atoms with E-state index in [1.165, 1.54) is 11.8 Å². The minimum atomic E-state index is -0.0275. The van der Waals surface area contributed by atoms with Crippen LogP contribution in [0.15, 0.2) is 22.1 Å². The van der Waals surface area contributed by atoms with E-state index in [2.05, 4.69) is 9.97 Å². The van der Waals surface area contributed by atoms with Crippen LogP contribution in [0.4, 0.5) is 0 Å². The number of nitrogens with one attached hydrogen (secondary N) is 1. The molecule has 0 bridgehead atoms. The first-order chi connectivity index (χ1) is 11.2. The second-order valence-electron chi connectivity index (χ2n) is 5.24. The van der Waals surface area contributed by atoms with Gasteiger partial charge < -0.3 is 14.5 Å². The smallest absolute Gasteiger partial charge is 0.255 e. The largest absolute Gasteiger partial charge is 0.467 e. The maximum atomic E-state index is 12.0. The van der Waals surface area contributed by atoms with Crippen molar-refractivity contribution in [2.24, 2.45) is 0 Å².